The molecule has 0 aliphatic rings. The van der Waals surface area contributed by atoms with Gasteiger partial charge in [-0.05, 0) is 24.3 Å². The van der Waals surface area contributed by atoms with Crippen LogP contribution in [0.15, 0.2) is 41.8 Å². The smallest absolute Gasteiger partial charge is 0.207 e. The normalized spacial score (nSPS) is 11.9. The minimum Gasteiger partial charge on any atom is -0.207 e. The molecule has 0 aliphatic carbocycles. The minimum absolute atomic E-state index is 0.0931. The van der Waals surface area contributed by atoms with Gasteiger partial charge in [0, 0.05) is 18.0 Å². The quantitative estimate of drug-likeness (QED) is 0.555. The van der Waals surface area contributed by atoms with Crippen molar-refractivity contribution in [1.82, 2.24) is 4.31 Å². The van der Waals surface area contributed by atoms with E-state index in [0.29, 0.717) is 21.3 Å². The summed E-state index contributed by atoms with van der Waals surface area (Å²) < 4.78 is 66.6. The van der Waals surface area contributed by atoms with Crippen LogP contribution in [0.2, 0.25) is 4.34 Å². The Labute approximate surface area is 140 Å². The molecule has 3 nitrogen and oxygen atoms in total. The molecule has 1 aromatic heterocycles. The first-order valence-electron chi connectivity index (χ1n) is 6.26. The summed E-state index contributed by atoms with van der Waals surface area (Å²) in [5.41, 5.74) is 0. The van der Waals surface area contributed by atoms with Crippen LogP contribution >= 0.6 is 22.9 Å². The summed E-state index contributed by atoms with van der Waals surface area (Å²) in [5, 5.41) is 0. The van der Waals surface area contributed by atoms with Gasteiger partial charge in [-0.2, -0.15) is 4.31 Å². The Kier molecular flexibility index (Phi) is 5.51. The number of hydrogen-bond donors (Lipinski definition) is 0. The first-order chi connectivity index (χ1) is 10.8. The van der Waals surface area contributed by atoms with Gasteiger partial charge in [0.05, 0.1) is 4.34 Å². The molecule has 0 bridgehead atoms. The Balaban J connectivity index is 2.44. The molecule has 0 unspecified atom stereocenters. The van der Waals surface area contributed by atoms with E-state index in [1.165, 1.54) is 6.08 Å². The third-order valence-electron chi connectivity index (χ3n) is 2.91. The van der Waals surface area contributed by atoms with Crippen LogP contribution in [0.4, 0.5) is 13.2 Å². The highest BCUT2D eigenvalue weighted by Crippen LogP contribution is 2.27. The van der Waals surface area contributed by atoms with Crippen LogP contribution in [0.5, 0.6) is 0 Å². The second kappa shape index (κ2) is 7.04. The van der Waals surface area contributed by atoms with Crippen LogP contribution in [-0.4, -0.2) is 19.3 Å². The number of hydrogen-bond acceptors (Lipinski definition) is 3. The Hall–Kier alpha value is -1.35. The molecule has 2 aromatic rings. The van der Waals surface area contributed by atoms with Gasteiger partial charge in [0.2, 0.25) is 10.0 Å². The Morgan fingerprint density at radius 2 is 1.87 bits per heavy atom. The second-order valence-electron chi connectivity index (χ2n) is 4.47. The van der Waals surface area contributed by atoms with Crippen molar-refractivity contribution in [3.63, 3.8) is 0 Å². The van der Waals surface area contributed by atoms with Gasteiger partial charge < -0.3 is 0 Å². The third-order valence-corrected chi connectivity index (χ3v) is 5.96. The van der Waals surface area contributed by atoms with E-state index in [4.69, 9.17) is 11.6 Å². The maximum Gasteiger partial charge on any atom is 0.246 e. The first-order valence-corrected chi connectivity index (χ1v) is 8.89. The Morgan fingerprint density at radius 3 is 2.43 bits per heavy atom. The molecule has 0 N–H and O–H groups in total. The van der Waals surface area contributed by atoms with Crippen LogP contribution in [0.25, 0.3) is 0 Å². The molecule has 9 heteroatoms. The average molecular weight is 382 g/mol. The molecule has 0 amide bonds. The summed E-state index contributed by atoms with van der Waals surface area (Å²) in [6.07, 6.45) is 1.31. The maximum atomic E-state index is 13.8. The summed E-state index contributed by atoms with van der Waals surface area (Å²) in [6, 6.07) is 4.48. The lowest BCUT2D eigenvalue weighted by Crippen LogP contribution is -2.31. The molecule has 0 spiro atoms. The fourth-order valence-electron chi connectivity index (χ4n) is 1.85. The topological polar surface area (TPSA) is 37.4 Å². The summed E-state index contributed by atoms with van der Waals surface area (Å²) in [5.74, 6) is -5.03. The summed E-state index contributed by atoms with van der Waals surface area (Å²) >= 11 is 6.95. The van der Waals surface area contributed by atoms with Crippen LogP contribution in [0, 0.1) is 17.5 Å². The molecule has 1 aromatic carbocycles. The number of halogens is 4. The molecule has 0 saturated carbocycles. The monoisotopic (exact) mass is 381 g/mol. The van der Waals surface area contributed by atoms with Crippen molar-refractivity contribution in [1.29, 1.82) is 0 Å². The Bertz CT molecular complexity index is 837. The van der Waals surface area contributed by atoms with Crippen molar-refractivity contribution in [3.05, 3.63) is 63.6 Å². The molecule has 23 heavy (non-hydrogen) atoms. The first kappa shape index (κ1) is 18.0. The zero-order valence-electron chi connectivity index (χ0n) is 11.6. The van der Waals surface area contributed by atoms with E-state index < -0.39 is 32.4 Å². The molecule has 124 valence electrons. The highest BCUT2D eigenvalue weighted by atomic mass is 35.5. The van der Waals surface area contributed by atoms with E-state index in [2.05, 4.69) is 6.58 Å². The van der Waals surface area contributed by atoms with Gasteiger partial charge in [0.1, 0.15) is 4.90 Å². The summed E-state index contributed by atoms with van der Waals surface area (Å²) in [6.45, 7) is 3.23. The van der Waals surface area contributed by atoms with Crippen molar-refractivity contribution in [2.45, 2.75) is 11.4 Å². The fourth-order valence-corrected chi connectivity index (χ4v) is 4.48. The highest BCUT2D eigenvalue weighted by Gasteiger charge is 2.30. The van der Waals surface area contributed by atoms with E-state index in [1.54, 1.807) is 12.1 Å². The van der Waals surface area contributed by atoms with E-state index >= 15 is 0 Å². The van der Waals surface area contributed by atoms with Gasteiger partial charge in [-0.15, -0.1) is 17.9 Å². The number of nitrogens with zero attached hydrogens (tertiary/aromatic N) is 1. The lowest BCUT2D eigenvalue weighted by Gasteiger charge is -2.20. The van der Waals surface area contributed by atoms with E-state index in [9.17, 15) is 21.6 Å². The van der Waals surface area contributed by atoms with E-state index in [1.807, 2.05) is 0 Å². The third kappa shape index (κ3) is 3.77. The standard InChI is InChI=1S/C14H11ClF3NO2S2/c1-2-7-19(8-9-3-6-12(15)22-9)23(20,21)11-5-4-10(16)13(17)14(11)18/h2-6H,1,7-8H2. The van der Waals surface area contributed by atoms with Crippen molar-refractivity contribution in [3.8, 4) is 0 Å². The molecular weight excluding hydrogens is 371 g/mol. The van der Waals surface area contributed by atoms with Crippen molar-refractivity contribution >= 4 is 33.0 Å². The number of rotatable bonds is 6. The SMILES string of the molecule is C=CCN(Cc1ccc(Cl)s1)S(=O)(=O)c1ccc(F)c(F)c1F. The van der Waals surface area contributed by atoms with Crippen LogP contribution in [0.1, 0.15) is 4.88 Å². The molecule has 0 atom stereocenters. The molecule has 0 fully saturated rings. The van der Waals surface area contributed by atoms with E-state index in [0.717, 1.165) is 15.6 Å². The Morgan fingerprint density at radius 1 is 1.17 bits per heavy atom. The van der Waals surface area contributed by atoms with Crippen molar-refractivity contribution in [2.75, 3.05) is 6.54 Å². The van der Waals surface area contributed by atoms with Crippen LogP contribution in [0.3, 0.4) is 0 Å². The molecule has 2 rings (SSSR count). The predicted octanol–water partition coefficient (Wildman–Crippen LogP) is 4.20. The molecule has 0 radical (unpaired) electrons. The van der Waals surface area contributed by atoms with Crippen molar-refractivity contribution < 1.29 is 21.6 Å². The van der Waals surface area contributed by atoms with Gasteiger partial charge >= 0.3 is 0 Å². The van der Waals surface area contributed by atoms with Crippen LogP contribution in [-0.2, 0) is 16.6 Å². The highest BCUT2D eigenvalue weighted by molar-refractivity contribution is 7.89. The number of sulfonamides is 1. The predicted molar refractivity (Wildman–Crippen MR) is 83.4 cm³/mol. The molecule has 0 aliphatic heterocycles. The number of benzene rings is 1. The van der Waals surface area contributed by atoms with Crippen LogP contribution < -0.4 is 0 Å². The van der Waals surface area contributed by atoms with Gasteiger partial charge in [0.25, 0.3) is 0 Å². The molecular formula is C14H11ClF3NO2S2. The average Bonchev–Trinajstić information content (AvgIpc) is 2.89. The minimum atomic E-state index is -4.38. The van der Waals surface area contributed by atoms with E-state index in [-0.39, 0.29) is 13.1 Å². The lowest BCUT2D eigenvalue weighted by molar-refractivity contribution is 0.414. The van der Waals surface area contributed by atoms with Gasteiger partial charge in [-0.25, -0.2) is 21.6 Å². The van der Waals surface area contributed by atoms with Gasteiger partial charge in [-0.1, -0.05) is 17.7 Å². The fraction of sp³-hybridized carbons (Fsp3) is 0.143. The van der Waals surface area contributed by atoms with Gasteiger partial charge in [0.15, 0.2) is 17.5 Å². The summed E-state index contributed by atoms with van der Waals surface area (Å²) in [4.78, 5) is -0.315. The zero-order valence-corrected chi connectivity index (χ0v) is 14.0. The molecule has 0 saturated heterocycles. The van der Waals surface area contributed by atoms with Gasteiger partial charge in [-0.3, -0.25) is 0 Å². The lowest BCUT2D eigenvalue weighted by atomic mass is 10.3. The maximum absolute atomic E-state index is 13.8. The van der Waals surface area contributed by atoms with Crippen molar-refractivity contribution in [2.24, 2.45) is 0 Å². The largest absolute Gasteiger partial charge is 0.246 e. The second-order valence-corrected chi connectivity index (χ2v) is 8.17. The zero-order chi connectivity index (χ0) is 17.2. The molecule has 1 heterocycles. The number of thiophene rings is 1. The summed E-state index contributed by atoms with van der Waals surface area (Å²) in [7, 11) is -4.38.